The van der Waals surface area contributed by atoms with Gasteiger partial charge in [0.25, 0.3) is 5.91 Å². The van der Waals surface area contributed by atoms with Crippen LogP contribution in [-0.4, -0.2) is 36.5 Å². The van der Waals surface area contributed by atoms with Gasteiger partial charge in [-0.05, 0) is 55.2 Å². The Labute approximate surface area is 157 Å². The maximum absolute atomic E-state index is 12.1. The highest BCUT2D eigenvalue weighted by Gasteiger charge is 2.16. The van der Waals surface area contributed by atoms with Gasteiger partial charge in [0.15, 0.2) is 6.61 Å². The molecule has 1 fully saturated rings. The molecule has 1 aromatic heterocycles. The number of hydrogen-bond donors (Lipinski definition) is 2. The summed E-state index contributed by atoms with van der Waals surface area (Å²) in [6, 6.07) is 9.22. The molecule has 2 aromatic rings. The maximum atomic E-state index is 12.1. The Balaban J connectivity index is 1.30. The molecule has 7 heteroatoms. The Kier molecular flexibility index (Phi) is 4.91. The van der Waals surface area contributed by atoms with E-state index in [0.717, 1.165) is 30.2 Å². The fraction of sp³-hybridized carbons (Fsp3) is 0.350. The molecule has 2 aliphatic rings. The van der Waals surface area contributed by atoms with Crippen molar-refractivity contribution in [3.63, 3.8) is 0 Å². The van der Waals surface area contributed by atoms with Crippen molar-refractivity contribution in [2.24, 2.45) is 0 Å². The Morgan fingerprint density at radius 2 is 2.04 bits per heavy atom. The number of fused-ring (bicyclic) bond motifs is 1. The SMILES string of the molecule is O=C(COc1ccc2c(c1)CCC(=O)N2)Nc1ccc(N2CCCC2)nc1. The van der Waals surface area contributed by atoms with Crippen LogP contribution in [-0.2, 0) is 16.0 Å². The lowest BCUT2D eigenvalue weighted by Crippen LogP contribution is -2.22. The first kappa shape index (κ1) is 17.3. The number of amides is 2. The molecular weight excluding hydrogens is 344 g/mol. The van der Waals surface area contributed by atoms with Crippen LogP contribution in [0.3, 0.4) is 0 Å². The van der Waals surface area contributed by atoms with Crippen LogP contribution in [0, 0.1) is 0 Å². The highest BCUT2D eigenvalue weighted by atomic mass is 16.5. The van der Waals surface area contributed by atoms with Crippen LogP contribution in [0.1, 0.15) is 24.8 Å². The normalized spacial score (nSPS) is 15.9. The van der Waals surface area contributed by atoms with Crippen molar-refractivity contribution in [3.05, 3.63) is 42.1 Å². The van der Waals surface area contributed by atoms with Crippen LogP contribution in [0.15, 0.2) is 36.5 Å². The van der Waals surface area contributed by atoms with Gasteiger partial charge in [0.05, 0.1) is 11.9 Å². The number of rotatable bonds is 5. The van der Waals surface area contributed by atoms with Gasteiger partial charge in [0.1, 0.15) is 11.6 Å². The Hall–Kier alpha value is -3.09. The Bertz CT molecular complexity index is 845. The fourth-order valence-electron chi connectivity index (χ4n) is 3.39. The molecule has 27 heavy (non-hydrogen) atoms. The summed E-state index contributed by atoms with van der Waals surface area (Å²) in [5.74, 6) is 1.35. The van der Waals surface area contributed by atoms with Gasteiger partial charge in [-0.1, -0.05) is 0 Å². The molecule has 2 N–H and O–H groups in total. The number of ether oxygens (including phenoxy) is 1. The van der Waals surface area contributed by atoms with E-state index in [1.807, 2.05) is 18.2 Å². The third kappa shape index (κ3) is 4.19. The maximum Gasteiger partial charge on any atom is 0.262 e. The highest BCUT2D eigenvalue weighted by molar-refractivity contribution is 5.94. The monoisotopic (exact) mass is 366 g/mol. The first-order valence-electron chi connectivity index (χ1n) is 9.24. The molecule has 2 amide bonds. The minimum Gasteiger partial charge on any atom is -0.484 e. The van der Waals surface area contributed by atoms with Gasteiger partial charge in [-0.15, -0.1) is 0 Å². The van der Waals surface area contributed by atoms with E-state index in [1.165, 1.54) is 12.8 Å². The van der Waals surface area contributed by atoms with E-state index in [-0.39, 0.29) is 18.4 Å². The van der Waals surface area contributed by atoms with Crippen LogP contribution in [0.5, 0.6) is 5.75 Å². The quantitative estimate of drug-likeness (QED) is 0.850. The topological polar surface area (TPSA) is 83.6 Å². The molecule has 2 aliphatic heterocycles. The summed E-state index contributed by atoms with van der Waals surface area (Å²) in [4.78, 5) is 30.2. The van der Waals surface area contributed by atoms with Crippen molar-refractivity contribution in [1.82, 2.24) is 4.98 Å². The minimum atomic E-state index is -0.239. The van der Waals surface area contributed by atoms with E-state index in [1.54, 1.807) is 18.3 Å². The van der Waals surface area contributed by atoms with E-state index < -0.39 is 0 Å². The number of nitrogens with zero attached hydrogens (tertiary/aromatic N) is 2. The van der Waals surface area contributed by atoms with Crippen molar-refractivity contribution in [2.45, 2.75) is 25.7 Å². The Morgan fingerprint density at radius 1 is 1.19 bits per heavy atom. The molecule has 4 rings (SSSR count). The molecule has 7 nitrogen and oxygen atoms in total. The van der Waals surface area contributed by atoms with Gasteiger partial charge >= 0.3 is 0 Å². The molecule has 0 radical (unpaired) electrons. The predicted octanol–water partition coefficient (Wildman–Crippen LogP) is 2.58. The number of anilines is 3. The second kappa shape index (κ2) is 7.65. The van der Waals surface area contributed by atoms with Gasteiger partial charge in [-0.3, -0.25) is 9.59 Å². The summed E-state index contributed by atoms with van der Waals surface area (Å²) < 4.78 is 5.58. The first-order chi connectivity index (χ1) is 13.2. The lowest BCUT2D eigenvalue weighted by Gasteiger charge is -2.18. The van der Waals surface area contributed by atoms with Crippen molar-refractivity contribution in [3.8, 4) is 5.75 Å². The van der Waals surface area contributed by atoms with Crippen molar-refractivity contribution >= 4 is 29.0 Å². The third-order valence-corrected chi connectivity index (χ3v) is 4.80. The van der Waals surface area contributed by atoms with E-state index >= 15 is 0 Å². The molecule has 1 aromatic carbocycles. The molecule has 0 aliphatic carbocycles. The summed E-state index contributed by atoms with van der Waals surface area (Å²) in [5, 5.41) is 5.62. The average molecular weight is 366 g/mol. The molecule has 1 saturated heterocycles. The van der Waals surface area contributed by atoms with Crippen LogP contribution < -0.4 is 20.3 Å². The molecule has 3 heterocycles. The second-order valence-electron chi connectivity index (χ2n) is 6.80. The number of nitrogens with one attached hydrogen (secondary N) is 2. The lowest BCUT2D eigenvalue weighted by atomic mass is 10.0. The molecule has 0 atom stereocenters. The third-order valence-electron chi connectivity index (χ3n) is 4.80. The number of carbonyl (C=O) groups is 2. The van der Waals surface area contributed by atoms with Crippen molar-refractivity contribution < 1.29 is 14.3 Å². The predicted molar refractivity (Wildman–Crippen MR) is 103 cm³/mol. The zero-order chi connectivity index (χ0) is 18.6. The van der Waals surface area contributed by atoms with E-state index in [0.29, 0.717) is 24.3 Å². The smallest absolute Gasteiger partial charge is 0.262 e. The summed E-state index contributed by atoms with van der Waals surface area (Å²) in [5.41, 5.74) is 2.49. The van der Waals surface area contributed by atoms with Gasteiger partial charge in [0, 0.05) is 25.2 Å². The number of pyridine rings is 1. The average Bonchev–Trinajstić information content (AvgIpc) is 3.22. The second-order valence-corrected chi connectivity index (χ2v) is 6.80. The zero-order valence-electron chi connectivity index (χ0n) is 15.0. The van der Waals surface area contributed by atoms with Gasteiger partial charge in [-0.2, -0.15) is 0 Å². The van der Waals surface area contributed by atoms with E-state index in [4.69, 9.17) is 4.74 Å². The van der Waals surface area contributed by atoms with Crippen molar-refractivity contribution in [2.75, 3.05) is 35.2 Å². The van der Waals surface area contributed by atoms with E-state index in [9.17, 15) is 9.59 Å². The zero-order valence-corrected chi connectivity index (χ0v) is 15.0. The first-order valence-corrected chi connectivity index (χ1v) is 9.24. The Morgan fingerprint density at radius 3 is 2.81 bits per heavy atom. The highest BCUT2D eigenvalue weighted by Crippen LogP contribution is 2.26. The van der Waals surface area contributed by atoms with E-state index in [2.05, 4.69) is 20.5 Å². The lowest BCUT2D eigenvalue weighted by molar-refractivity contribution is -0.118. The molecule has 0 saturated carbocycles. The number of carbonyl (C=O) groups excluding carboxylic acids is 2. The summed E-state index contributed by atoms with van der Waals surface area (Å²) in [6.07, 6.45) is 5.23. The molecule has 140 valence electrons. The molecular formula is C20H22N4O3. The van der Waals surface area contributed by atoms with Crippen LogP contribution in [0.25, 0.3) is 0 Å². The largest absolute Gasteiger partial charge is 0.484 e. The number of hydrogen-bond acceptors (Lipinski definition) is 5. The van der Waals surface area contributed by atoms with Gasteiger partial charge in [-0.25, -0.2) is 4.98 Å². The van der Waals surface area contributed by atoms with Crippen LogP contribution in [0.4, 0.5) is 17.2 Å². The summed E-state index contributed by atoms with van der Waals surface area (Å²) in [6.45, 7) is 1.99. The van der Waals surface area contributed by atoms with Crippen molar-refractivity contribution in [1.29, 1.82) is 0 Å². The minimum absolute atomic E-state index is 0.0277. The van der Waals surface area contributed by atoms with Gasteiger partial charge < -0.3 is 20.3 Å². The van der Waals surface area contributed by atoms with Crippen LogP contribution >= 0.6 is 0 Å². The number of aromatic nitrogens is 1. The summed E-state index contributed by atoms with van der Waals surface area (Å²) in [7, 11) is 0. The summed E-state index contributed by atoms with van der Waals surface area (Å²) >= 11 is 0. The molecule has 0 spiro atoms. The number of aryl methyl sites for hydroxylation is 1. The standard InChI is InChI=1S/C20H22N4O3/c25-19-8-3-14-11-16(5-6-17(14)23-19)27-13-20(26)22-15-4-7-18(21-12-15)24-9-1-2-10-24/h4-7,11-12H,1-3,8-10,13H2,(H,22,26)(H,23,25). The molecule has 0 unspecified atom stereocenters. The van der Waals surface area contributed by atoms with Gasteiger partial charge in [0.2, 0.25) is 5.91 Å². The number of benzene rings is 1. The fourth-order valence-corrected chi connectivity index (χ4v) is 3.39. The van der Waals surface area contributed by atoms with Crippen LogP contribution in [0.2, 0.25) is 0 Å². The molecule has 0 bridgehead atoms.